The van der Waals surface area contributed by atoms with Gasteiger partial charge in [0.2, 0.25) is 6.10 Å². The average molecular weight is 165 g/mol. The number of carbonyl (C=O) groups excluding carboxylic acids is 1. The van der Waals surface area contributed by atoms with E-state index in [4.69, 9.17) is 5.26 Å². The van der Waals surface area contributed by atoms with Gasteiger partial charge in [0.1, 0.15) is 6.07 Å². The molecule has 0 aromatic heterocycles. The molecule has 0 saturated heterocycles. The van der Waals surface area contributed by atoms with Gasteiger partial charge in [-0.05, 0) is 13.0 Å². The second kappa shape index (κ2) is 6.17. The minimum absolute atomic E-state index is 0.452. The molecule has 0 amide bonds. The van der Waals surface area contributed by atoms with Crippen LogP contribution in [-0.4, -0.2) is 12.1 Å². The van der Waals surface area contributed by atoms with Crippen molar-refractivity contribution in [2.45, 2.75) is 20.0 Å². The second-order valence-corrected chi connectivity index (χ2v) is 2.07. The summed E-state index contributed by atoms with van der Waals surface area (Å²) in [7, 11) is 0. The van der Waals surface area contributed by atoms with E-state index < -0.39 is 12.1 Å². The van der Waals surface area contributed by atoms with Gasteiger partial charge in [-0.2, -0.15) is 5.26 Å². The van der Waals surface area contributed by atoms with E-state index in [1.54, 1.807) is 12.2 Å². The Morgan fingerprint density at radius 3 is 2.67 bits per heavy atom. The smallest absolute Gasteiger partial charge is 0.304 e. The van der Waals surface area contributed by atoms with Crippen LogP contribution in [0.1, 0.15) is 13.8 Å². The maximum absolute atomic E-state index is 10.4. The minimum atomic E-state index is -0.779. The molecular weight excluding hydrogens is 154 g/mol. The van der Waals surface area contributed by atoms with Crippen molar-refractivity contribution in [2.75, 3.05) is 0 Å². The van der Waals surface area contributed by atoms with E-state index in [-0.39, 0.29) is 0 Å². The van der Waals surface area contributed by atoms with Gasteiger partial charge >= 0.3 is 5.97 Å². The maximum Gasteiger partial charge on any atom is 0.304 e. The molecule has 0 aliphatic carbocycles. The fourth-order valence-corrected chi connectivity index (χ4v) is 0.564. The molecule has 3 heteroatoms. The van der Waals surface area contributed by atoms with Crippen LogP contribution < -0.4 is 0 Å². The van der Waals surface area contributed by atoms with Gasteiger partial charge < -0.3 is 4.74 Å². The summed E-state index contributed by atoms with van der Waals surface area (Å²) in [4.78, 5) is 10.4. The Morgan fingerprint density at radius 2 is 2.25 bits per heavy atom. The van der Waals surface area contributed by atoms with Crippen LogP contribution in [0.15, 0.2) is 24.3 Å². The van der Waals surface area contributed by atoms with Gasteiger partial charge in [-0.15, -0.1) is 0 Å². The third-order valence-electron chi connectivity index (χ3n) is 1.01. The van der Waals surface area contributed by atoms with Gasteiger partial charge in [0.25, 0.3) is 0 Å². The number of ether oxygens (including phenoxy) is 1. The van der Waals surface area contributed by atoms with Gasteiger partial charge in [0, 0.05) is 6.92 Å². The summed E-state index contributed by atoms with van der Waals surface area (Å²) in [6.45, 7) is 3.13. The summed E-state index contributed by atoms with van der Waals surface area (Å²) in [5, 5.41) is 8.47. The van der Waals surface area contributed by atoms with Crippen molar-refractivity contribution in [1.29, 1.82) is 5.26 Å². The zero-order valence-corrected chi connectivity index (χ0v) is 7.15. The van der Waals surface area contributed by atoms with E-state index in [9.17, 15) is 4.79 Å². The zero-order valence-electron chi connectivity index (χ0n) is 7.15. The molecule has 0 aromatic carbocycles. The summed E-state index contributed by atoms with van der Waals surface area (Å²) in [5.41, 5.74) is 0. The first kappa shape index (κ1) is 10.4. The molecule has 3 nitrogen and oxygen atoms in total. The highest BCUT2D eigenvalue weighted by atomic mass is 16.5. The second-order valence-electron chi connectivity index (χ2n) is 2.07. The largest absolute Gasteiger partial charge is 0.443 e. The van der Waals surface area contributed by atoms with E-state index in [2.05, 4.69) is 4.74 Å². The molecule has 0 unspecified atom stereocenters. The van der Waals surface area contributed by atoms with Crippen molar-refractivity contribution < 1.29 is 9.53 Å². The number of carbonyl (C=O) groups is 1. The number of esters is 1. The predicted octanol–water partition coefficient (Wildman–Crippen LogP) is 1.57. The lowest BCUT2D eigenvalue weighted by atomic mass is 10.3. The minimum Gasteiger partial charge on any atom is -0.443 e. The van der Waals surface area contributed by atoms with Crippen LogP contribution >= 0.6 is 0 Å². The van der Waals surface area contributed by atoms with E-state index in [0.717, 1.165) is 0 Å². The molecule has 0 spiro atoms. The standard InChI is InChI=1S/C9H11NO2/c1-3-4-5-6-9(7-10)12-8(2)11/h3-6,9H,1-2H3/b4-3+,6-5+/t9-/m1/s1. The van der Waals surface area contributed by atoms with Crippen molar-refractivity contribution in [1.82, 2.24) is 0 Å². The first-order chi connectivity index (χ1) is 5.70. The molecular formula is C9H11NO2. The molecule has 64 valence electrons. The first-order valence-corrected chi connectivity index (χ1v) is 3.57. The molecule has 0 bridgehead atoms. The molecule has 0 heterocycles. The van der Waals surface area contributed by atoms with Gasteiger partial charge in [-0.3, -0.25) is 4.79 Å². The van der Waals surface area contributed by atoms with Crippen LogP contribution in [0.25, 0.3) is 0 Å². The number of nitriles is 1. The fraction of sp³-hybridized carbons (Fsp3) is 0.333. The Labute approximate surface area is 71.9 Å². The van der Waals surface area contributed by atoms with Gasteiger partial charge in [0.15, 0.2) is 0 Å². The lowest BCUT2D eigenvalue weighted by Crippen LogP contribution is -2.10. The van der Waals surface area contributed by atoms with E-state index in [0.29, 0.717) is 0 Å². The van der Waals surface area contributed by atoms with Crippen molar-refractivity contribution in [3.63, 3.8) is 0 Å². The molecule has 0 rings (SSSR count). The Bertz CT molecular complexity index is 235. The molecule has 0 aliphatic heterocycles. The van der Waals surface area contributed by atoms with Crippen molar-refractivity contribution in [3.8, 4) is 6.07 Å². The third kappa shape index (κ3) is 5.24. The molecule has 1 atom stereocenters. The summed E-state index contributed by atoms with van der Waals surface area (Å²) in [5.74, 6) is -0.452. The molecule has 0 radical (unpaired) electrons. The number of allylic oxidation sites excluding steroid dienone is 3. The number of nitrogens with zero attached hydrogens (tertiary/aromatic N) is 1. The molecule has 0 fully saturated rings. The average Bonchev–Trinajstić information content (AvgIpc) is 2.02. The SMILES string of the molecule is C/C=C/C=C/[C@H](C#N)OC(C)=O. The number of hydrogen-bond acceptors (Lipinski definition) is 3. The quantitative estimate of drug-likeness (QED) is 0.471. The van der Waals surface area contributed by atoms with E-state index in [1.807, 2.05) is 19.1 Å². The Morgan fingerprint density at radius 1 is 1.58 bits per heavy atom. The Hall–Kier alpha value is -1.56. The van der Waals surface area contributed by atoms with Crippen molar-refractivity contribution in [2.24, 2.45) is 0 Å². The van der Waals surface area contributed by atoms with Crippen LogP contribution in [0.3, 0.4) is 0 Å². The van der Waals surface area contributed by atoms with Gasteiger partial charge in [0.05, 0.1) is 0 Å². The van der Waals surface area contributed by atoms with Crippen LogP contribution in [-0.2, 0) is 9.53 Å². The lowest BCUT2D eigenvalue weighted by molar-refractivity contribution is -0.142. The maximum atomic E-state index is 10.4. The highest BCUT2D eigenvalue weighted by molar-refractivity contribution is 5.66. The lowest BCUT2D eigenvalue weighted by Gasteiger charge is -2.01. The molecule has 0 aliphatic rings. The summed E-state index contributed by atoms with van der Waals surface area (Å²) in [6.07, 6.45) is 5.98. The van der Waals surface area contributed by atoms with E-state index >= 15 is 0 Å². The topological polar surface area (TPSA) is 50.1 Å². The first-order valence-electron chi connectivity index (χ1n) is 3.57. The molecule has 12 heavy (non-hydrogen) atoms. The zero-order chi connectivity index (χ0) is 9.40. The Balaban J connectivity index is 4.01. The van der Waals surface area contributed by atoms with E-state index in [1.165, 1.54) is 13.0 Å². The monoisotopic (exact) mass is 165 g/mol. The molecule has 0 N–H and O–H groups in total. The third-order valence-corrected chi connectivity index (χ3v) is 1.01. The Kier molecular flexibility index (Phi) is 5.37. The van der Waals surface area contributed by atoms with Gasteiger partial charge in [-0.1, -0.05) is 18.2 Å². The van der Waals surface area contributed by atoms with Crippen LogP contribution in [0.4, 0.5) is 0 Å². The molecule has 0 aromatic rings. The normalized spacial score (nSPS) is 13.1. The highest BCUT2D eigenvalue weighted by Crippen LogP contribution is 1.93. The van der Waals surface area contributed by atoms with Crippen LogP contribution in [0, 0.1) is 11.3 Å². The summed E-state index contributed by atoms with van der Waals surface area (Å²) >= 11 is 0. The van der Waals surface area contributed by atoms with Crippen LogP contribution in [0.5, 0.6) is 0 Å². The van der Waals surface area contributed by atoms with Gasteiger partial charge in [-0.25, -0.2) is 0 Å². The van der Waals surface area contributed by atoms with Crippen molar-refractivity contribution in [3.05, 3.63) is 24.3 Å². The fourth-order valence-electron chi connectivity index (χ4n) is 0.564. The number of hydrogen-bond donors (Lipinski definition) is 0. The summed E-state index contributed by atoms with van der Waals surface area (Å²) in [6, 6.07) is 1.83. The summed E-state index contributed by atoms with van der Waals surface area (Å²) < 4.78 is 4.63. The van der Waals surface area contributed by atoms with Crippen molar-refractivity contribution >= 4 is 5.97 Å². The number of rotatable bonds is 3. The highest BCUT2D eigenvalue weighted by Gasteiger charge is 2.03. The predicted molar refractivity (Wildman–Crippen MR) is 45.1 cm³/mol. The van der Waals surface area contributed by atoms with Crippen LogP contribution in [0.2, 0.25) is 0 Å². The molecule has 0 saturated carbocycles.